The zero-order valence-corrected chi connectivity index (χ0v) is 14.5. The van der Waals surface area contributed by atoms with Crippen molar-refractivity contribution in [2.75, 3.05) is 18.4 Å². The fourth-order valence-electron chi connectivity index (χ4n) is 2.94. The van der Waals surface area contributed by atoms with Crippen molar-refractivity contribution in [1.29, 1.82) is 0 Å². The molecular weight excluding hydrogens is 366 g/mol. The second-order valence-corrected chi connectivity index (χ2v) is 7.98. The van der Waals surface area contributed by atoms with E-state index >= 15 is 0 Å². The maximum absolute atomic E-state index is 12.5. The highest BCUT2D eigenvalue weighted by Gasteiger charge is 2.27. The molecule has 3 rings (SSSR count). The molecule has 0 spiro atoms. The number of urea groups is 1. The Labute approximate surface area is 149 Å². The van der Waals surface area contributed by atoms with Crippen molar-refractivity contribution in [2.45, 2.75) is 29.4 Å². The SMILES string of the molecule is O=C(Nc1ccc(S(=O)(=O)C(F)F)cc1)N1CCCC(c2ccn[nH]2)C1. The zero-order chi connectivity index (χ0) is 18.7. The number of benzene rings is 1. The van der Waals surface area contributed by atoms with Crippen molar-refractivity contribution in [3.05, 3.63) is 42.2 Å². The number of carbonyl (C=O) groups excluding carboxylic acids is 1. The highest BCUT2D eigenvalue weighted by atomic mass is 32.2. The van der Waals surface area contributed by atoms with E-state index in [1.54, 1.807) is 11.1 Å². The van der Waals surface area contributed by atoms with Crippen LogP contribution in [0.1, 0.15) is 24.5 Å². The van der Waals surface area contributed by atoms with Crippen LogP contribution in [0.25, 0.3) is 0 Å². The maximum Gasteiger partial charge on any atom is 0.341 e. The van der Waals surface area contributed by atoms with Gasteiger partial charge in [-0.2, -0.15) is 13.9 Å². The second kappa shape index (κ2) is 7.40. The number of nitrogens with one attached hydrogen (secondary N) is 2. The second-order valence-electron chi connectivity index (χ2n) is 6.06. The van der Waals surface area contributed by atoms with Gasteiger partial charge in [-0.3, -0.25) is 5.10 Å². The molecule has 26 heavy (non-hydrogen) atoms. The Kier molecular flexibility index (Phi) is 5.21. The number of amides is 2. The third-order valence-corrected chi connectivity index (χ3v) is 5.74. The number of halogens is 2. The molecule has 1 aliphatic heterocycles. The molecule has 0 saturated carbocycles. The van der Waals surface area contributed by atoms with Crippen molar-refractivity contribution in [3.63, 3.8) is 0 Å². The fourth-order valence-corrected chi connectivity index (χ4v) is 3.66. The number of hydrogen-bond donors (Lipinski definition) is 2. The number of hydrogen-bond acceptors (Lipinski definition) is 4. The lowest BCUT2D eigenvalue weighted by Gasteiger charge is -2.32. The molecule has 10 heteroatoms. The van der Waals surface area contributed by atoms with Crippen LogP contribution in [0.5, 0.6) is 0 Å². The van der Waals surface area contributed by atoms with Gasteiger partial charge in [0.2, 0.25) is 9.84 Å². The molecule has 0 bridgehead atoms. The number of piperidine rings is 1. The number of rotatable bonds is 4. The lowest BCUT2D eigenvalue weighted by atomic mass is 9.95. The highest BCUT2D eigenvalue weighted by molar-refractivity contribution is 7.91. The van der Waals surface area contributed by atoms with Gasteiger partial charge in [0.25, 0.3) is 0 Å². The Morgan fingerprint density at radius 2 is 2.00 bits per heavy atom. The van der Waals surface area contributed by atoms with Crippen molar-refractivity contribution in [3.8, 4) is 0 Å². The molecule has 1 aliphatic rings. The van der Waals surface area contributed by atoms with Crippen molar-refractivity contribution >= 4 is 21.6 Å². The molecule has 1 atom stereocenters. The number of aromatic nitrogens is 2. The topological polar surface area (TPSA) is 95.2 Å². The summed E-state index contributed by atoms with van der Waals surface area (Å²) in [6, 6.07) is 6.27. The zero-order valence-electron chi connectivity index (χ0n) is 13.7. The van der Waals surface area contributed by atoms with Crippen LogP contribution in [-0.2, 0) is 9.84 Å². The first-order valence-electron chi connectivity index (χ1n) is 8.05. The van der Waals surface area contributed by atoms with E-state index in [0.29, 0.717) is 18.8 Å². The van der Waals surface area contributed by atoms with Crippen molar-refractivity contribution in [2.24, 2.45) is 0 Å². The number of alkyl halides is 2. The summed E-state index contributed by atoms with van der Waals surface area (Å²) >= 11 is 0. The van der Waals surface area contributed by atoms with Gasteiger partial charge in [-0.1, -0.05) is 0 Å². The number of sulfone groups is 1. The summed E-state index contributed by atoms with van der Waals surface area (Å²) in [6.07, 6.45) is 3.47. The molecule has 1 saturated heterocycles. The normalized spacial score (nSPS) is 18.1. The van der Waals surface area contributed by atoms with Crippen LogP contribution in [0.4, 0.5) is 19.3 Å². The van der Waals surface area contributed by atoms with Crippen LogP contribution < -0.4 is 5.32 Å². The molecule has 2 aromatic rings. The number of likely N-dealkylation sites (tertiary alicyclic amines) is 1. The minimum Gasteiger partial charge on any atom is -0.324 e. The third kappa shape index (κ3) is 3.85. The summed E-state index contributed by atoms with van der Waals surface area (Å²) in [5.41, 5.74) is 1.32. The largest absolute Gasteiger partial charge is 0.341 e. The molecule has 1 aromatic carbocycles. The highest BCUT2D eigenvalue weighted by Crippen LogP contribution is 2.26. The monoisotopic (exact) mass is 384 g/mol. The summed E-state index contributed by atoms with van der Waals surface area (Å²) in [4.78, 5) is 13.6. The van der Waals surface area contributed by atoms with Crippen LogP contribution >= 0.6 is 0 Å². The lowest BCUT2D eigenvalue weighted by molar-refractivity contribution is 0.192. The molecule has 1 aromatic heterocycles. The molecular formula is C16H18F2N4O3S. The van der Waals surface area contributed by atoms with Crippen LogP contribution in [0.15, 0.2) is 41.4 Å². The molecule has 1 fully saturated rings. The molecule has 2 N–H and O–H groups in total. The number of anilines is 1. The molecule has 140 valence electrons. The van der Waals surface area contributed by atoms with E-state index in [2.05, 4.69) is 15.5 Å². The summed E-state index contributed by atoms with van der Waals surface area (Å²) in [7, 11) is -4.64. The van der Waals surface area contributed by atoms with Crippen LogP contribution in [0.3, 0.4) is 0 Å². The van der Waals surface area contributed by atoms with E-state index < -0.39 is 20.5 Å². The molecule has 0 aliphatic carbocycles. The average molecular weight is 384 g/mol. The van der Waals surface area contributed by atoms with Crippen molar-refractivity contribution in [1.82, 2.24) is 15.1 Å². The van der Waals surface area contributed by atoms with Gasteiger partial charge in [0.15, 0.2) is 0 Å². The number of carbonyl (C=O) groups is 1. The van der Waals surface area contributed by atoms with E-state index in [9.17, 15) is 22.0 Å². The molecule has 2 amide bonds. The van der Waals surface area contributed by atoms with E-state index in [-0.39, 0.29) is 11.9 Å². The van der Waals surface area contributed by atoms with Gasteiger partial charge >= 0.3 is 11.8 Å². The predicted molar refractivity (Wildman–Crippen MR) is 90.8 cm³/mol. The lowest BCUT2D eigenvalue weighted by Crippen LogP contribution is -2.41. The van der Waals surface area contributed by atoms with E-state index in [0.717, 1.165) is 30.7 Å². The smallest absolute Gasteiger partial charge is 0.324 e. The quantitative estimate of drug-likeness (QED) is 0.847. The van der Waals surface area contributed by atoms with Gasteiger partial charge in [-0.05, 0) is 43.2 Å². The Morgan fingerprint density at radius 3 is 2.62 bits per heavy atom. The first-order valence-corrected chi connectivity index (χ1v) is 9.60. The Hall–Kier alpha value is -2.49. The minimum absolute atomic E-state index is 0.176. The minimum atomic E-state index is -4.64. The fraction of sp³-hybridized carbons (Fsp3) is 0.375. The first kappa shape index (κ1) is 18.3. The van der Waals surface area contributed by atoms with Gasteiger partial charge in [-0.25, -0.2) is 13.2 Å². The predicted octanol–water partition coefficient (Wildman–Crippen LogP) is 2.82. The number of H-pyrrole nitrogens is 1. The van der Waals surface area contributed by atoms with E-state index in [1.165, 1.54) is 12.1 Å². The Balaban J connectivity index is 1.64. The molecule has 2 heterocycles. The van der Waals surface area contributed by atoms with Gasteiger partial charge in [0.1, 0.15) is 0 Å². The summed E-state index contributed by atoms with van der Waals surface area (Å²) in [6.45, 7) is 1.14. The molecule has 0 radical (unpaired) electrons. The van der Waals surface area contributed by atoms with E-state index in [1.807, 2.05) is 6.07 Å². The maximum atomic E-state index is 12.5. The van der Waals surface area contributed by atoms with Gasteiger partial charge in [0, 0.05) is 36.6 Å². The average Bonchev–Trinajstić information content (AvgIpc) is 3.17. The van der Waals surface area contributed by atoms with Crippen LogP contribution in [-0.4, -0.2) is 48.4 Å². The van der Waals surface area contributed by atoms with Crippen molar-refractivity contribution < 1.29 is 22.0 Å². The first-order chi connectivity index (χ1) is 12.4. The third-order valence-electron chi connectivity index (χ3n) is 4.34. The van der Waals surface area contributed by atoms with E-state index in [4.69, 9.17) is 0 Å². The van der Waals surface area contributed by atoms with Crippen LogP contribution in [0.2, 0.25) is 0 Å². The van der Waals surface area contributed by atoms with Gasteiger partial charge < -0.3 is 10.2 Å². The Morgan fingerprint density at radius 1 is 1.27 bits per heavy atom. The summed E-state index contributed by atoms with van der Waals surface area (Å²) < 4.78 is 47.9. The molecule has 7 nitrogen and oxygen atoms in total. The number of aromatic amines is 1. The van der Waals surface area contributed by atoms with Gasteiger partial charge in [0.05, 0.1) is 4.90 Å². The summed E-state index contributed by atoms with van der Waals surface area (Å²) in [5.74, 6) is -3.30. The van der Waals surface area contributed by atoms with Gasteiger partial charge in [-0.15, -0.1) is 0 Å². The Bertz CT molecular complexity index is 854. The van der Waals surface area contributed by atoms with Crippen LogP contribution in [0, 0.1) is 0 Å². The summed E-state index contributed by atoms with van der Waals surface area (Å²) in [5, 5.41) is 9.51. The number of nitrogens with zero attached hydrogens (tertiary/aromatic N) is 2. The standard InChI is InChI=1S/C16H18F2N4O3S/c17-15(18)26(24,25)13-5-3-12(4-6-13)20-16(23)22-9-1-2-11(10-22)14-7-8-19-21-14/h3-8,11,15H,1-2,9-10H2,(H,19,21)(H,20,23). The molecule has 1 unspecified atom stereocenters.